The monoisotopic (exact) mass is 326 g/mol. The largest absolute Gasteiger partial charge is 0.344 e. The summed E-state index contributed by atoms with van der Waals surface area (Å²) in [7, 11) is 0. The van der Waals surface area contributed by atoms with E-state index in [9.17, 15) is 4.79 Å². The Kier molecular flexibility index (Phi) is 4.83. The zero-order chi connectivity index (χ0) is 16.1. The first-order chi connectivity index (χ1) is 11.2. The average Bonchev–Trinajstić information content (AvgIpc) is 3.23. The Morgan fingerprint density at radius 1 is 1.30 bits per heavy atom. The third kappa shape index (κ3) is 3.84. The highest BCUT2D eigenvalue weighted by molar-refractivity contribution is 7.10. The van der Waals surface area contributed by atoms with Crippen LogP contribution in [0.1, 0.15) is 28.7 Å². The van der Waals surface area contributed by atoms with Crippen LogP contribution in [0, 0.1) is 6.92 Å². The van der Waals surface area contributed by atoms with Gasteiger partial charge in [0.05, 0.1) is 6.04 Å². The van der Waals surface area contributed by atoms with E-state index in [4.69, 9.17) is 0 Å². The Hall–Kier alpha value is -2.47. The zero-order valence-corrected chi connectivity index (χ0v) is 13.7. The molecule has 0 aliphatic rings. The van der Waals surface area contributed by atoms with Crippen molar-refractivity contribution in [1.82, 2.24) is 19.9 Å². The average molecular weight is 326 g/mol. The van der Waals surface area contributed by atoms with E-state index in [1.807, 2.05) is 47.3 Å². The molecule has 0 fully saturated rings. The quantitative estimate of drug-likeness (QED) is 0.757. The molecule has 0 unspecified atom stereocenters. The van der Waals surface area contributed by atoms with Crippen LogP contribution in [0.2, 0.25) is 0 Å². The molecule has 23 heavy (non-hydrogen) atoms. The Morgan fingerprint density at radius 3 is 2.78 bits per heavy atom. The van der Waals surface area contributed by atoms with Crippen molar-refractivity contribution in [3.8, 4) is 0 Å². The molecule has 1 amide bonds. The van der Waals surface area contributed by atoms with E-state index < -0.39 is 0 Å². The summed E-state index contributed by atoms with van der Waals surface area (Å²) in [6.45, 7) is 2.56. The van der Waals surface area contributed by atoms with Gasteiger partial charge in [-0.15, -0.1) is 11.3 Å². The van der Waals surface area contributed by atoms with E-state index in [0.29, 0.717) is 13.0 Å². The number of carbonyl (C=O) groups is 1. The van der Waals surface area contributed by atoms with Gasteiger partial charge in [-0.2, -0.15) is 0 Å². The van der Waals surface area contributed by atoms with Gasteiger partial charge in [-0.1, -0.05) is 6.07 Å². The molecule has 1 atom stereocenters. The molecule has 3 rings (SSSR count). The molecule has 0 spiro atoms. The van der Waals surface area contributed by atoms with Crippen LogP contribution in [0.25, 0.3) is 0 Å². The molecule has 0 bridgehead atoms. The van der Waals surface area contributed by atoms with Crippen LogP contribution in [0.15, 0.2) is 54.4 Å². The summed E-state index contributed by atoms with van der Waals surface area (Å²) in [6.07, 6.45) is 7.55. The normalized spacial score (nSPS) is 12.0. The molecular formula is C17H18N4OS. The number of nitrogens with zero attached hydrogens (tertiary/aromatic N) is 3. The SMILES string of the molecule is Cc1nccn1CCC(=O)N[C@H](c1ccncc1)c1cccs1. The van der Waals surface area contributed by atoms with Crippen molar-refractivity contribution in [2.24, 2.45) is 0 Å². The number of amides is 1. The smallest absolute Gasteiger partial charge is 0.222 e. The van der Waals surface area contributed by atoms with Gasteiger partial charge >= 0.3 is 0 Å². The van der Waals surface area contributed by atoms with Crippen LogP contribution < -0.4 is 5.32 Å². The van der Waals surface area contributed by atoms with Crippen LogP contribution in [-0.4, -0.2) is 20.4 Å². The molecule has 118 valence electrons. The van der Waals surface area contributed by atoms with E-state index in [1.165, 1.54) is 0 Å². The Morgan fingerprint density at radius 2 is 2.13 bits per heavy atom. The van der Waals surface area contributed by atoms with Gasteiger partial charge in [0, 0.05) is 42.6 Å². The number of hydrogen-bond acceptors (Lipinski definition) is 4. The van der Waals surface area contributed by atoms with Crippen molar-refractivity contribution in [1.29, 1.82) is 0 Å². The number of thiophene rings is 1. The van der Waals surface area contributed by atoms with Crippen LogP contribution in [-0.2, 0) is 11.3 Å². The molecule has 0 aliphatic heterocycles. The lowest BCUT2D eigenvalue weighted by molar-refractivity contribution is -0.121. The molecule has 0 saturated heterocycles. The first kappa shape index (κ1) is 15.4. The van der Waals surface area contributed by atoms with Crippen molar-refractivity contribution in [3.05, 3.63) is 70.7 Å². The van der Waals surface area contributed by atoms with Crippen molar-refractivity contribution >= 4 is 17.2 Å². The van der Waals surface area contributed by atoms with E-state index >= 15 is 0 Å². The number of hydrogen-bond donors (Lipinski definition) is 1. The lowest BCUT2D eigenvalue weighted by Gasteiger charge is -2.18. The fourth-order valence-electron chi connectivity index (χ4n) is 2.43. The van der Waals surface area contributed by atoms with Gasteiger partial charge < -0.3 is 9.88 Å². The third-order valence-corrected chi connectivity index (χ3v) is 4.61. The number of carbonyl (C=O) groups excluding carboxylic acids is 1. The lowest BCUT2D eigenvalue weighted by atomic mass is 10.1. The Bertz CT molecular complexity index is 752. The summed E-state index contributed by atoms with van der Waals surface area (Å²) in [5.41, 5.74) is 1.04. The van der Waals surface area contributed by atoms with Gasteiger partial charge in [-0.3, -0.25) is 9.78 Å². The summed E-state index contributed by atoms with van der Waals surface area (Å²) in [5, 5.41) is 5.15. The van der Waals surface area contributed by atoms with E-state index in [0.717, 1.165) is 16.3 Å². The van der Waals surface area contributed by atoms with Crippen LogP contribution >= 0.6 is 11.3 Å². The minimum atomic E-state index is -0.130. The van der Waals surface area contributed by atoms with Crippen molar-refractivity contribution < 1.29 is 4.79 Å². The molecule has 5 nitrogen and oxygen atoms in total. The molecule has 3 heterocycles. The predicted octanol–water partition coefficient (Wildman–Crippen LogP) is 2.94. The topological polar surface area (TPSA) is 59.8 Å². The minimum absolute atomic E-state index is 0.0216. The molecule has 3 aromatic heterocycles. The van der Waals surface area contributed by atoms with E-state index in [2.05, 4.69) is 15.3 Å². The summed E-state index contributed by atoms with van der Waals surface area (Å²) < 4.78 is 1.98. The molecule has 0 aliphatic carbocycles. The number of rotatable bonds is 6. The Labute approximate surface area is 139 Å². The van der Waals surface area contributed by atoms with Crippen molar-refractivity contribution in [2.45, 2.75) is 25.9 Å². The summed E-state index contributed by atoms with van der Waals surface area (Å²) in [4.78, 5) is 21.7. The molecule has 0 saturated carbocycles. The highest BCUT2D eigenvalue weighted by atomic mass is 32.1. The number of nitrogens with one attached hydrogen (secondary N) is 1. The van der Waals surface area contributed by atoms with Gasteiger partial charge in [0.15, 0.2) is 0 Å². The fraction of sp³-hybridized carbons (Fsp3) is 0.235. The second-order valence-corrected chi connectivity index (χ2v) is 6.19. The van der Waals surface area contributed by atoms with Gasteiger partial charge in [0.1, 0.15) is 5.82 Å². The van der Waals surface area contributed by atoms with Gasteiger partial charge in [0.2, 0.25) is 5.91 Å². The Balaban J connectivity index is 1.69. The zero-order valence-electron chi connectivity index (χ0n) is 12.8. The number of pyridine rings is 1. The first-order valence-electron chi connectivity index (χ1n) is 7.44. The number of aromatic nitrogens is 3. The van der Waals surface area contributed by atoms with Gasteiger partial charge in [-0.25, -0.2) is 4.98 Å². The fourth-order valence-corrected chi connectivity index (χ4v) is 3.23. The van der Waals surface area contributed by atoms with Crippen LogP contribution in [0.4, 0.5) is 0 Å². The van der Waals surface area contributed by atoms with Crippen LogP contribution in [0.5, 0.6) is 0 Å². The highest BCUT2D eigenvalue weighted by Crippen LogP contribution is 2.25. The predicted molar refractivity (Wildman–Crippen MR) is 90.1 cm³/mol. The maximum atomic E-state index is 12.4. The molecular weight excluding hydrogens is 308 g/mol. The maximum absolute atomic E-state index is 12.4. The molecule has 3 aromatic rings. The second kappa shape index (κ2) is 7.19. The van der Waals surface area contributed by atoms with Crippen LogP contribution in [0.3, 0.4) is 0 Å². The van der Waals surface area contributed by atoms with E-state index in [1.54, 1.807) is 29.9 Å². The van der Waals surface area contributed by atoms with Gasteiger partial charge in [0.25, 0.3) is 0 Å². The standard InChI is InChI=1S/C17H18N4OS/c1-13-19-9-11-21(13)10-6-16(22)20-17(15-3-2-12-23-15)14-4-7-18-8-5-14/h2-5,7-9,11-12,17H,6,10H2,1H3,(H,20,22)/t17-/m1/s1. The van der Waals surface area contributed by atoms with Crippen molar-refractivity contribution in [2.75, 3.05) is 0 Å². The second-order valence-electron chi connectivity index (χ2n) is 5.21. The minimum Gasteiger partial charge on any atom is -0.344 e. The first-order valence-corrected chi connectivity index (χ1v) is 8.32. The lowest BCUT2D eigenvalue weighted by Crippen LogP contribution is -2.29. The molecule has 1 N–H and O–H groups in total. The van der Waals surface area contributed by atoms with E-state index in [-0.39, 0.29) is 11.9 Å². The maximum Gasteiger partial charge on any atom is 0.222 e. The molecule has 0 aromatic carbocycles. The summed E-state index contributed by atoms with van der Waals surface area (Å²) in [6, 6.07) is 7.77. The molecule has 6 heteroatoms. The summed E-state index contributed by atoms with van der Waals surface area (Å²) >= 11 is 1.64. The number of imidazole rings is 1. The third-order valence-electron chi connectivity index (χ3n) is 3.68. The molecule has 0 radical (unpaired) electrons. The number of aryl methyl sites for hydroxylation is 2. The van der Waals surface area contributed by atoms with Gasteiger partial charge in [-0.05, 0) is 36.1 Å². The van der Waals surface area contributed by atoms with Crippen molar-refractivity contribution in [3.63, 3.8) is 0 Å². The summed E-state index contributed by atoms with van der Waals surface area (Å²) in [5.74, 6) is 0.940. The highest BCUT2D eigenvalue weighted by Gasteiger charge is 2.17.